The first-order valence-electron chi connectivity index (χ1n) is 9.63. The van der Waals surface area contributed by atoms with Gasteiger partial charge in [-0.15, -0.1) is 0 Å². The van der Waals surface area contributed by atoms with E-state index in [4.69, 9.17) is 15.3 Å². The van der Waals surface area contributed by atoms with Gasteiger partial charge in [-0.25, -0.2) is 15.0 Å². The van der Waals surface area contributed by atoms with Crippen LogP contribution in [0.15, 0.2) is 18.2 Å². The Balaban J connectivity index is 2.87. The SMILES string of the molecule is CCCCCC[C@H](OC(=O)C(C)(Cc1ccc(O)c(O)c1)NN)C(=O)OCC. The van der Waals surface area contributed by atoms with Gasteiger partial charge < -0.3 is 19.7 Å². The Hall–Kier alpha value is -2.32. The van der Waals surface area contributed by atoms with E-state index in [1.807, 2.05) is 0 Å². The van der Waals surface area contributed by atoms with Gasteiger partial charge in [0.05, 0.1) is 6.61 Å². The molecule has 0 aliphatic rings. The molecule has 8 heteroatoms. The van der Waals surface area contributed by atoms with Gasteiger partial charge in [-0.1, -0.05) is 32.3 Å². The predicted octanol–water partition coefficient (Wildman–Crippen LogP) is 2.31. The Morgan fingerprint density at radius 1 is 1.18 bits per heavy atom. The molecule has 0 aliphatic carbocycles. The van der Waals surface area contributed by atoms with Gasteiger partial charge in [0.2, 0.25) is 0 Å². The molecule has 0 saturated heterocycles. The number of aromatic hydroxyl groups is 2. The lowest BCUT2D eigenvalue weighted by Gasteiger charge is -2.28. The summed E-state index contributed by atoms with van der Waals surface area (Å²) < 4.78 is 10.5. The van der Waals surface area contributed by atoms with Crippen molar-refractivity contribution in [3.8, 4) is 11.5 Å². The molecule has 158 valence electrons. The molecule has 0 amide bonds. The van der Waals surface area contributed by atoms with E-state index in [-0.39, 0.29) is 24.5 Å². The fraction of sp³-hybridized carbons (Fsp3) is 0.600. The summed E-state index contributed by atoms with van der Waals surface area (Å²) in [6.07, 6.45) is 3.23. The maximum absolute atomic E-state index is 12.8. The summed E-state index contributed by atoms with van der Waals surface area (Å²) in [5, 5.41) is 19.1. The zero-order chi connectivity index (χ0) is 21.2. The summed E-state index contributed by atoms with van der Waals surface area (Å²) in [6.45, 7) is 5.51. The Kier molecular flexibility index (Phi) is 9.75. The highest BCUT2D eigenvalue weighted by Gasteiger charge is 2.37. The number of hydrogen-bond donors (Lipinski definition) is 4. The Labute approximate surface area is 166 Å². The first-order chi connectivity index (χ1) is 13.3. The molecule has 2 atom stereocenters. The number of esters is 2. The van der Waals surface area contributed by atoms with Crippen molar-refractivity contribution in [2.75, 3.05) is 6.61 Å². The van der Waals surface area contributed by atoms with Crippen molar-refractivity contribution in [3.63, 3.8) is 0 Å². The van der Waals surface area contributed by atoms with E-state index in [0.29, 0.717) is 12.0 Å². The molecule has 28 heavy (non-hydrogen) atoms. The standard InChI is InChI=1S/C20H32N2O6/c1-4-6-7-8-9-17(18(25)27-5-2)28-19(26)20(3,22-21)13-14-10-11-15(23)16(24)12-14/h10-12,17,22-24H,4-9,13,21H2,1-3H3/t17-,20?/m0/s1. The molecule has 0 aliphatic heterocycles. The van der Waals surface area contributed by atoms with Crippen molar-refractivity contribution in [3.05, 3.63) is 23.8 Å². The molecule has 0 spiro atoms. The molecule has 0 aromatic heterocycles. The van der Waals surface area contributed by atoms with E-state index in [0.717, 1.165) is 25.7 Å². The third kappa shape index (κ3) is 7.01. The predicted molar refractivity (Wildman–Crippen MR) is 104 cm³/mol. The number of carbonyl (C=O) groups excluding carboxylic acids is 2. The Morgan fingerprint density at radius 2 is 1.89 bits per heavy atom. The van der Waals surface area contributed by atoms with Gasteiger partial charge in [0.25, 0.3) is 0 Å². The smallest absolute Gasteiger partial charge is 0.347 e. The average Bonchev–Trinajstić information content (AvgIpc) is 2.67. The third-order valence-electron chi connectivity index (χ3n) is 4.49. The van der Waals surface area contributed by atoms with Crippen LogP contribution in [0, 0.1) is 0 Å². The largest absolute Gasteiger partial charge is 0.504 e. The number of unbranched alkanes of at least 4 members (excludes halogenated alkanes) is 3. The molecule has 1 unspecified atom stereocenters. The second kappa shape index (κ2) is 11.5. The Bertz CT molecular complexity index is 652. The topological polar surface area (TPSA) is 131 Å². The Morgan fingerprint density at radius 3 is 2.46 bits per heavy atom. The molecule has 5 N–H and O–H groups in total. The number of rotatable bonds is 12. The van der Waals surface area contributed by atoms with E-state index in [1.54, 1.807) is 19.9 Å². The van der Waals surface area contributed by atoms with Crippen molar-refractivity contribution >= 4 is 11.9 Å². The molecule has 0 saturated carbocycles. The minimum Gasteiger partial charge on any atom is -0.504 e. The molecule has 1 aromatic carbocycles. The number of phenolic OH excluding ortho intramolecular Hbond substituents is 2. The first-order valence-corrected chi connectivity index (χ1v) is 9.63. The number of hydrogen-bond acceptors (Lipinski definition) is 8. The number of phenols is 2. The van der Waals surface area contributed by atoms with Gasteiger partial charge in [-0.05, 0) is 44.4 Å². The monoisotopic (exact) mass is 396 g/mol. The van der Waals surface area contributed by atoms with Crippen LogP contribution in [0.1, 0.15) is 58.4 Å². The highest BCUT2D eigenvalue weighted by molar-refractivity contribution is 5.84. The quantitative estimate of drug-likeness (QED) is 0.139. The van der Waals surface area contributed by atoms with Crippen LogP contribution in [-0.2, 0) is 25.5 Å². The lowest BCUT2D eigenvalue weighted by Crippen LogP contribution is -2.56. The molecule has 8 nitrogen and oxygen atoms in total. The summed E-state index contributed by atoms with van der Waals surface area (Å²) in [5.41, 5.74) is 1.67. The maximum Gasteiger partial charge on any atom is 0.347 e. The highest BCUT2D eigenvalue weighted by Crippen LogP contribution is 2.27. The van der Waals surface area contributed by atoms with Crippen molar-refractivity contribution in [1.29, 1.82) is 0 Å². The summed E-state index contributed by atoms with van der Waals surface area (Å²) in [4.78, 5) is 25.0. The summed E-state index contributed by atoms with van der Waals surface area (Å²) in [7, 11) is 0. The second-order valence-electron chi connectivity index (χ2n) is 6.97. The molecule has 1 aromatic rings. The van der Waals surface area contributed by atoms with Gasteiger partial charge >= 0.3 is 11.9 Å². The lowest BCUT2D eigenvalue weighted by molar-refractivity contribution is -0.172. The maximum atomic E-state index is 12.8. The molecular formula is C20H32N2O6. The minimum atomic E-state index is -1.34. The van der Waals surface area contributed by atoms with Crippen molar-refractivity contribution in [2.24, 2.45) is 5.84 Å². The van der Waals surface area contributed by atoms with Gasteiger partial charge in [-0.2, -0.15) is 0 Å². The van der Waals surface area contributed by atoms with Crippen LogP contribution in [-0.4, -0.2) is 40.4 Å². The van der Waals surface area contributed by atoms with Gasteiger partial charge in [0.15, 0.2) is 17.6 Å². The van der Waals surface area contributed by atoms with E-state index in [9.17, 15) is 19.8 Å². The molecule has 0 heterocycles. The van der Waals surface area contributed by atoms with Crippen LogP contribution in [0.25, 0.3) is 0 Å². The van der Waals surface area contributed by atoms with Crippen LogP contribution in [0.3, 0.4) is 0 Å². The lowest BCUT2D eigenvalue weighted by atomic mass is 9.93. The fourth-order valence-electron chi connectivity index (χ4n) is 2.75. The van der Waals surface area contributed by atoms with Crippen LogP contribution >= 0.6 is 0 Å². The molecule has 1 rings (SSSR count). The molecule has 0 fully saturated rings. The fourth-order valence-corrected chi connectivity index (χ4v) is 2.75. The van der Waals surface area contributed by atoms with Gasteiger partial charge in [0, 0.05) is 6.42 Å². The van der Waals surface area contributed by atoms with E-state index in [2.05, 4.69) is 12.3 Å². The van der Waals surface area contributed by atoms with E-state index < -0.39 is 23.6 Å². The number of carbonyl (C=O) groups is 2. The van der Waals surface area contributed by atoms with Crippen molar-refractivity contribution in [2.45, 2.75) is 70.9 Å². The molecule has 0 bridgehead atoms. The number of nitrogens with one attached hydrogen (secondary N) is 1. The summed E-state index contributed by atoms with van der Waals surface area (Å²) in [5.74, 6) is 3.76. The minimum absolute atomic E-state index is 0.0849. The number of nitrogens with two attached hydrogens (primary N) is 1. The highest BCUT2D eigenvalue weighted by atomic mass is 16.6. The number of benzene rings is 1. The van der Waals surface area contributed by atoms with E-state index in [1.165, 1.54) is 12.1 Å². The van der Waals surface area contributed by atoms with Crippen LogP contribution in [0.4, 0.5) is 0 Å². The van der Waals surface area contributed by atoms with Crippen LogP contribution in [0.2, 0.25) is 0 Å². The number of ether oxygens (including phenoxy) is 2. The first kappa shape index (κ1) is 23.7. The van der Waals surface area contributed by atoms with Crippen LogP contribution < -0.4 is 11.3 Å². The van der Waals surface area contributed by atoms with Crippen molar-refractivity contribution in [1.82, 2.24) is 5.43 Å². The van der Waals surface area contributed by atoms with Crippen LogP contribution in [0.5, 0.6) is 11.5 Å². The number of hydrazine groups is 1. The second-order valence-corrected chi connectivity index (χ2v) is 6.97. The van der Waals surface area contributed by atoms with E-state index >= 15 is 0 Å². The zero-order valence-corrected chi connectivity index (χ0v) is 16.9. The van der Waals surface area contributed by atoms with Gasteiger partial charge in [-0.3, -0.25) is 5.84 Å². The van der Waals surface area contributed by atoms with Gasteiger partial charge in [0.1, 0.15) is 5.54 Å². The molecule has 0 radical (unpaired) electrons. The molecular weight excluding hydrogens is 364 g/mol. The van der Waals surface area contributed by atoms with Crippen molar-refractivity contribution < 1.29 is 29.3 Å². The summed E-state index contributed by atoms with van der Waals surface area (Å²) >= 11 is 0. The average molecular weight is 396 g/mol. The summed E-state index contributed by atoms with van der Waals surface area (Å²) in [6, 6.07) is 4.22. The third-order valence-corrected chi connectivity index (χ3v) is 4.49. The normalized spacial score (nSPS) is 14.1. The zero-order valence-electron chi connectivity index (χ0n) is 16.9.